The molecule has 0 aliphatic carbocycles. The van der Waals surface area contributed by atoms with Crippen LogP contribution in [-0.4, -0.2) is 34.4 Å². The smallest absolute Gasteiger partial charge is 0.344 e. The summed E-state index contributed by atoms with van der Waals surface area (Å²) in [6.07, 6.45) is 0.627. The first-order chi connectivity index (χ1) is 12.3. The summed E-state index contributed by atoms with van der Waals surface area (Å²) in [5.41, 5.74) is 0.840. The molecule has 1 aromatic carbocycles. The van der Waals surface area contributed by atoms with E-state index in [1.165, 1.54) is 6.92 Å². The lowest BCUT2D eigenvalue weighted by molar-refractivity contribution is -0.155. The first-order valence-corrected chi connectivity index (χ1v) is 8.58. The predicted molar refractivity (Wildman–Crippen MR) is 98.5 cm³/mol. The number of aryl methyl sites for hydroxylation is 1. The van der Waals surface area contributed by atoms with Gasteiger partial charge in [-0.1, -0.05) is 11.6 Å². The van der Waals surface area contributed by atoms with Crippen LogP contribution in [-0.2, 0) is 14.3 Å². The summed E-state index contributed by atoms with van der Waals surface area (Å²) in [7, 11) is 0. The van der Waals surface area contributed by atoms with E-state index in [-0.39, 0.29) is 12.6 Å². The van der Waals surface area contributed by atoms with E-state index in [9.17, 15) is 9.59 Å². The fourth-order valence-corrected chi connectivity index (χ4v) is 2.30. The highest BCUT2D eigenvalue weighted by atomic mass is 35.5. The molecule has 0 bridgehead atoms. The molecular formula is C18H22ClN3O4. The molecule has 7 nitrogen and oxygen atoms in total. The molecular weight excluding hydrogens is 358 g/mol. The number of carbonyl (C=O) groups is 2. The number of ether oxygens (including phenoxy) is 2. The van der Waals surface area contributed by atoms with Crippen molar-refractivity contribution in [2.45, 2.75) is 39.8 Å². The van der Waals surface area contributed by atoms with Gasteiger partial charge >= 0.3 is 5.97 Å². The molecule has 0 aliphatic rings. The highest BCUT2D eigenvalue weighted by molar-refractivity contribution is 6.31. The Balaban J connectivity index is 1.84. The Hall–Kier alpha value is -2.54. The summed E-state index contributed by atoms with van der Waals surface area (Å²) < 4.78 is 12.1. The highest BCUT2D eigenvalue weighted by Gasteiger charge is 2.20. The van der Waals surface area contributed by atoms with E-state index in [2.05, 4.69) is 10.4 Å². The highest BCUT2D eigenvalue weighted by Crippen LogP contribution is 2.21. The molecule has 8 heteroatoms. The zero-order chi connectivity index (χ0) is 19.3. The second-order valence-corrected chi connectivity index (χ2v) is 6.48. The monoisotopic (exact) mass is 379 g/mol. The fourth-order valence-electron chi connectivity index (χ4n) is 2.19. The maximum Gasteiger partial charge on any atom is 0.344 e. The minimum atomic E-state index is -0.964. The van der Waals surface area contributed by atoms with Gasteiger partial charge in [0.25, 0.3) is 5.91 Å². The van der Waals surface area contributed by atoms with E-state index in [0.29, 0.717) is 16.6 Å². The Morgan fingerprint density at radius 3 is 2.65 bits per heavy atom. The lowest BCUT2D eigenvalue weighted by Gasteiger charge is -2.16. The van der Waals surface area contributed by atoms with Crippen LogP contribution in [0.25, 0.3) is 0 Å². The van der Waals surface area contributed by atoms with E-state index in [1.807, 2.05) is 20.8 Å². The van der Waals surface area contributed by atoms with Crippen molar-refractivity contribution in [3.8, 4) is 5.75 Å². The van der Waals surface area contributed by atoms with Crippen LogP contribution in [0.2, 0.25) is 5.02 Å². The number of benzene rings is 1. The number of anilines is 1. The van der Waals surface area contributed by atoms with E-state index in [4.69, 9.17) is 21.1 Å². The van der Waals surface area contributed by atoms with Crippen LogP contribution in [0.3, 0.4) is 0 Å². The Bertz CT molecular complexity index is 788. The Labute approximate surface area is 157 Å². The zero-order valence-electron chi connectivity index (χ0n) is 15.2. The van der Waals surface area contributed by atoms with E-state index >= 15 is 0 Å². The quantitative estimate of drug-likeness (QED) is 0.746. The summed E-state index contributed by atoms with van der Waals surface area (Å²) in [4.78, 5) is 24.1. The van der Waals surface area contributed by atoms with Gasteiger partial charge in [0.1, 0.15) is 11.6 Å². The largest absolute Gasteiger partial charge is 0.482 e. The van der Waals surface area contributed by atoms with E-state index < -0.39 is 18.0 Å². The number of amides is 1. The van der Waals surface area contributed by atoms with Crippen LogP contribution in [0.15, 0.2) is 30.5 Å². The zero-order valence-corrected chi connectivity index (χ0v) is 15.9. The molecule has 0 aliphatic heterocycles. The molecule has 1 amide bonds. The third kappa shape index (κ3) is 5.23. The number of hydrogen-bond donors (Lipinski definition) is 1. The number of esters is 1. The van der Waals surface area contributed by atoms with Gasteiger partial charge in [0.15, 0.2) is 12.7 Å². The summed E-state index contributed by atoms with van der Waals surface area (Å²) in [5.74, 6) is -0.0386. The minimum Gasteiger partial charge on any atom is -0.482 e. The topological polar surface area (TPSA) is 82.4 Å². The number of aromatic nitrogens is 2. The van der Waals surface area contributed by atoms with Gasteiger partial charge < -0.3 is 14.8 Å². The minimum absolute atomic E-state index is 0.0920. The van der Waals surface area contributed by atoms with Gasteiger partial charge in [-0.2, -0.15) is 5.10 Å². The molecule has 0 fully saturated rings. The van der Waals surface area contributed by atoms with Crippen molar-refractivity contribution in [2.24, 2.45) is 0 Å². The van der Waals surface area contributed by atoms with Crippen molar-refractivity contribution in [3.05, 3.63) is 41.0 Å². The van der Waals surface area contributed by atoms with Crippen molar-refractivity contribution in [3.63, 3.8) is 0 Å². The second kappa shape index (κ2) is 8.71. The van der Waals surface area contributed by atoms with Crippen LogP contribution < -0.4 is 10.1 Å². The van der Waals surface area contributed by atoms with Crippen molar-refractivity contribution in [2.75, 3.05) is 11.9 Å². The fraction of sp³-hybridized carbons (Fsp3) is 0.389. The molecule has 0 saturated heterocycles. The maximum atomic E-state index is 12.2. The third-order valence-corrected chi connectivity index (χ3v) is 4.00. The Kier molecular flexibility index (Phi) is 6.63. The van der Waals surface area contributed by atoms with E-state index in [1.54, 1.807) is 35.1 Å². The van der Waals surface area contributed by atoms with Crippen LogP contribution in [0.4, 0.5) is 5.82 Å². The van der Waals surface area contributed by atoms with Crippen LogP contribution in [0, 0.1) is 6.92 Å². The standard InChI is InChI=1S/C18H22ClN3O4/c1-11(2)22-16(7-8-20-22)21-18(24)13(4)26-17(23)10-25-14-5-6-15(19)12(3)9-14/h5-9,11,13H,10H2,1-4H3,(H,21,24)/t13-/m0/s1. The molecule has 0 saturated carbocycles. The van der Waals surface area contributed by atoms with Crippen molar-refractivity contribution >= 4 is 29.3 Å². The Morgan fingerprint density at radius 1 is 1.27 bits per heavy atom. The van der Waals surface area contributed by atoms with Crippen molar-refractivity contribution in [1.29, 1.82) is 0 Å². The number of hydrogen-bond acceptors (Lipinski definition) is 5. The van der Waals surface area contributed by atoms with Gasteiger partial charge in [-0.05, 0) is 51.5 Å². The SMILES string of the molecule is Cc1cc(OCC(=O)O[C@@H](C)C(=O)Nc2ccnn2C(C)C)ccc1Cl. The number of rotatable bonds is 7. The van der Waals surface area contributed by atoms with Crippen LogP contribution >= 0.6 is 11.6 Å². The first kappa shape index (κ1) is 19.8. The Morgan fingerprint density at radius 2 is 2.00 bits per heavy atom. The molecule has 1 heterocycles. The lowest BCUT2D eigenvalue weighted by atomic mass is 10.2. The number of carbonyl (C=O) groups excluding carboxylic acids is 2. The molecule has 0 unspecified atom stereocenters. The maximum absolute atomic E-state index is 12.2. The number of nitrogens with one attached hydrogen (secondary N) is 1. The van der Waals surface area contributed by atoms with Crippen molar-refractivity contribution < 1.29 is 19.1 Å². The molecule has 140 valence electrons. The van der Waals surface area contributed by atoms with E-state index in [0.717, 1.165) is 5.56 Å². The lowest BCUT2D eigenvalue weighted by Crippen LogP contribution is -2.32. The third-order valence-electron chi connectivity index (χ3n) is 3.57. The number of halogens is 1. The molecule has 1 atom stereocenters. The van der Waals surface area contributed by atoms with Gasteiger partial charge in [-0.25, -0.2) is 9.48 Å². The second-order valence-electron chi connectivity index (χ2n) is 6.08. The molecule has 0 radical (unpaired) electrons. The molecule has 26 heavy (non-hydrogen) atoms. The summed E-state index contributed by atoms with van der Waals surface area (Å²) >= 11 is 5.94. The van der Waals surface area contributed by atoms with Gasteiger partial charge in [-0.15, -0.1) is 0 Å². The average Bonchev–Trinajstić information content (AvgIpc) is 3.04. The normalized spacial score (nSPS) is 11.9. The van der Waals surface area contributed by atoms with Crippen LogP contribution in [0.5, 0.6) is 5.75 Å². The molecule has 2 aromatic rings. The summed E-state index contributed by atoms with van der Waals surface area (Å²) in [6.45, 7) is 6.92. The molecule has 1 aromatic heterocycles. The molecule has 0 spiro atoms. The molecule has 2 rings (SSSR count). The van der Waals surface area contributed by atoms with Gasteiger partial charge in [0.2, 0.25) is 0 Å². The van der Waals surface area contributed by atoms with Gasteiger partial charge in [0.05, 0.1) is 6.20 Å². The molecule has 1 N–H and O–H groups in total. The summed E-state index contributed by atoms with van der Waals surface area (Å²) in [6, 6.07) is 6.84. The first-order valence-electron chi connectivity index (χ1n) is 8.20. The number of nitrogens with zero attached hydrogens (tertiary/aromatic N) is 2. The van der Waals surface area contributed by atoms with Gasteiger partial charge in [-0.3, -0.25) is 4.79 Å². The van der Waals surface area contributed by atoms with Crippen molar-refractivity contribution in [1.82, 2.24) is 9.78 Å². The predicted octanol–water partition coefficient (Wildman–Crippen LogP) is 3.38. The van der Waals surface area contributed by atoms with Gasteiger partial charge in [0, 0.05) is 17.1 Å². The van der Waals surface area contributed by atoms with Crippen LogP contribution in [0.1, 0.15) is 32.4 Å². The average molecular weight is 380 g/mol. The summed E-state index contributed by atoms with van der Waals surface area (Å²) in [5, 5.41) is 7.44.